The van der Waals surface area contributed by atoms with Crippen LogP contribution in [0.15, 0.2) is 61.2 Å². The van der Waals surface area contributed by atoms with E-state index < -0.39 is 0 Å². The summed E-state index contributed by atoms with van der Waals surface area (Å²) in [6, 6.07) is 13.0. The maximum Gasteiger partial charge on any atom is 0.163 e. The van der Waals surface area contributed by atoms with Crippen LogP contribution in [0, 0.1) is 5.92 Å². The van der Waals surface area contributed by atoms with Gasteiger partial charge in [0.05, 0.1) is 0 Å². The molecule has 3 aromatic heterocycles. The highest BCUT2D eigenvalue weighted by Crippen LogP contribution is 2.39. The van der Waals surface area contributed by atoms with Crippen molar-refractivity contribution >= 4 is 39.9 Å². The van der Waals surface area contributed by atoms with Crippen LogP contribution in [0.3, 0.4) is 0 Å². The van der Waals surface area contributed by atoms with Crippen LogP contribution < -0.4 is 10.2 Å². The first-order chi connectivity index (χ1) is 16.5. The third-order valence-corrected chi connectivity index (χ3v) is 7.42. The van der Waals surface area contributed by atoms with Gasteiger partial charge in [-0.2, -0.15) is 11.8 Å². The minimum atomic E-state index is 0.418. The quantitative estimate of drug-likeness (QED) is 0.348. The van der Waals surface area contributed by atoms with Crippen LogP contribution in [0.25, 0.3) is 22.2 Å². The molecule has 1 unspecified atom stereocenters. The number of thioether (sulfide) groups is 1. The lowest BCUT2D eigenvalue weighted by Crippen LogP contribution is -2.55. The molecule has 1 saturated heterocycles. The molecule has 5 rings (SSSR count). The molecule has 1 fully saturated rings. The molecule has 6 nitrogen and oxygen atoms in total. The number of aromatic nitrogens is 4. The van der Waals surface area contributed by atoms with Gasteiger partial charge in [0.1, 0.15) is 11.6 Å². The van der Waals surface area contributed by atoms with Crippen molar-refractivity contribution in [2.75, 3.05) is 28.8 Å². The molecule has 0 amide bonds. The zero-order valence-corrected chi connectivity index (χ0v) is 20.9. The predicted molar refractivity (Wildman–Crippen MR) is 143 cm³/mol. The van der Waals surface area contributed by atoms with Crippen LogP contribution in [0.4, 0.5) is 17.3 Å². The van der Waals surface area contributed by atoms with Crippen molar-refractivity contribution in [1.29, 1.82) is 0 Å². The number of nitrogens with one attached hydrogen (secondary N) is 1. The van der Waals surface area contributed by atoms with Gasteiger partial charge in [0, 0.05) is 59.9 Å². The Balaban J connectivity index is 1.48. The van der Waals surface area contributed by atoms with Crippen molar-refractivity contribution in [3.63, 3.8) is 0 Å². The fourth-order valence-corrected chi connectivity index (χ4v) is 5.49. The maximum absolute atomic E-state index is 4.77. The van der Waals surface area contributed by atoms with E-state index in [1.165, 1.54) is 27.8 Å². The SMILES string of the molecule is CSC[C@@H]1CN(c2ccc(C(C)C)c3cc(Nc4ccnc(-c5cccnc5)n4)ncc23)C1C. The first-order valence-electron chi connectivity index (χ1n) is 11.7. The van der Waals surface area contributed by atoms with Gasteiger partial charge in [0.15, 0.2) is 5.82 Å². The highest BCUT2D eigenvalue weighted by atomic mass is 32.2. The second-order valence-electron chi connectivity index (χ2n) is 9.18. The molecule has 0 bridgehead atoms. The average molecular weight is 471 g/mol. The Morgan fingerprint density at radius 3 is 2.68 bits per heavy atom. The standard InChI is InChI=1S/C27H30N6S/c1-17(2)21-7-8-24(33-15-20(16-34-4)18(33)3)23-14-30-26(12-22(21)23)31-25-9-11-29-27(32-25)19-6-5-10-28-13-19/h5-14,17-18,20H,15-16H2,1-4H3,(H,29,30,31,32)/t18?,20-/m0/s1. The fraction of sp³-hybridized carbons (Fsp3) is 0.333. The van der Waals surface area contributed by atoms with Crippen LogP contribution in [0.5, 0.6) is 0 Å². The topological polar surface area (TPSA) is 66.8 Å². The summed E-state index contributed by atoms with van der Waals surface area (Å²) >= 11 is 1.94. The molecule has 0 radical (unpaired) electrons. The van der Waals surface area contributed by atoms with Crippen molar-refractivity contribution in [1.82, 2.24) is 19.9 Å². The van der Waals surface area contributed by atoms with E-state index in [-0.39, 0.29) is 0 Å². The largest absolute Gasteiger partial charge is 0.368 e. The molecule has 4 heterocycles. The van der Waals surface area contributed by atoms with Crippen LogP contribution in [0.2, 0.25) is 0 Å². The Hall–Kier alpha value is -3.19. The van der Waals surface area contributed by atoms with E-state index in [2.05, 4.69) is 70.4 Å². The summed E-state index contributed by atoms with van der Waals surface area (Å²) < 4.78 is 0. The number of pyridine rings is 2. The molecule has 1 aliphatic heterocycles. The molecule has 1 aliphatic rings. The smallest absolute Gasteiger partial charge is 0.163 e. The molecule has 0 saturated carbocycles. The van der Waals surface area contributed by atoms with Crippen LogP contribution in [0.1, 0.15) is 32.3 Å². The highest BCUT2D eigenvalue weighted by molar-refractivity contribution is 7.98. The van der Waals surface area contributed by atoms with Crippen LogP contribution in [-0.4, -0.2) is 44.5 Å². The minimum Gasteiger partial charge on any atom is -0.368 e. The molecule has 0 aliphatic carbocycles. The Labute approximate surface area is 205 Å². The molecule has 174 valence electrons. The Kier molecular flexibility index (Phi) is 6.37. The van der Waals surface area contributed by atoms with Gasteiger partial charge in [-0.1, -0.05) is 19.9 Å². The van der Waals surface area contributed by atoms with Crippen molar-refractivity contribution < 1.29 is 0 Å². The van der Waals surface area contributed by atoms with Crippen molar-refractivity contribution in [2.45, 2.75) is 32.7 Å². The number of hydrogen-bond acceptors (Lipinski definition) is 7. The monoisotopic (exact) mass is 470 g/mol. The van der Waals surface area contributed by atoms with Gasteiger partial charge in [-0.25, -0.2) is 15.0 Å². The summed E-state index contributed by atoms with van der Waals surface area (Å²) in [7, 11) is 0. The summed E-state index contributed by atoms with van der Waals surface area (Å²) in [6.07, 6.45) is 9.47. The molecule has 4 aromatic rings. The summed E-state index contributed by atoms with van der Waals surface area (Å²) in [5, 5.41) is 5.84. The van der Waals surface area contributed by atoms with Gasteiger partial charge in [-0.15, -0.1) is 0 Å². The van der Waals surface area contributed by atoms with Gasteiger partial charge in [0.2, 0.25) is 0 Å². The second kappa shape index (κ2) is 9.58. The molecule has 1 N–H and O–H groups in total. The number of rotatable bonds is 7. The lowest BCUT2D eigenvalue weighted by molar-refractivity contribution is 0.347. The number of fused-ring (bicyclic) bond motifs is 1. The first-order valence-corrected chi connectivity index (χ1v) is 13.1. The first kappa shape index (κ1) is 22.6. The third-order valence-electron chi connectivity index (χ3n) is 6.66. The van der Waals surface area contributed by atoms with Crippen LogP contribution in [-0.2, 0) is 0 Å². The van der Waals surface area contributed by atoms with E-state index in [0.717, 1.165) is 23.8 Å². The van der Waals surface area contributed by atoms with Gasteiger partial charge in [-0.3, -0.25) is 4.98 Å². The third kappa shape index (κ3) is 4.32. The van der Waals surface area contributed by atoms with E-state index in [4.69, 9.17) is 4.98 Å². The predicted octanol–water partition coefficient (Wildman–Crippen LogP) is 6.14. The number of benzene rings is 1. The van der Waals surface area contributed by atoms with Crippen molar-refractivity contribution in [2.24, 2.45) is 5.92 Å². The lowest BCUT2D eigenvalue weighted by Gasteiger charge is -2.48. The summed E-state index contributed by atoms with van der Waals surface area (Å²) in [4.78, 5) is 20.5. The van der Waals surface area contributed by atoms with Gasteiger partial charge in [-0.05, 0) is 66.1 Å². The summed E-state index contributed by atoms with van der Waals surface area (Å²) in [6.45, 7) is 7.93. The van der Waals surface area contributed by atoms with Gasteiger partial charge in [0.25, 0.3) is 0 Å². The average Bonchev–Trinajstić information content (AvgIpc) is 2.86. The molecule has 7 heteroatoms. The molecular weight excluding hydrogens is 440 g/mol. The van der Waals surface area contributed by atoms with E-state index in [1.54, 1.807) is 18.6 Å². The molecule has 2 atom stereocenters. The summed E-state index contributed by atoms with van der Waals surface area (Å²) in [5.74, 6) is 4.50. The van der Waals surface area contributed by atoms with E-state index >= 15 is 0 Å². The fourth-order valence-electron chi connectivity index (χ4n) is 4.67. The molecular formula is C27H30N6S. The molecule has 34 heavy (non-hydrogen) atoms. The van der Waals surface area contributed by atoms with Crippen molar-refractivity contribution in [3.8, 4) is 11.4 Å². The zero-order chi connectivity index (χ0) is 23.7. The number of hydrogen-bond donors (Lipinski definition) is 1. The normalized spacial score (nSPS) is 17.7. The van der Waals surface area contributed by atoms with Gasteiger partial charge >= 0.3 is 0 Å². The Morgan fingerprint density at radius 2 is 1.94 bits per heavy atom. The lowest BCUT2D eigenvalue weighted by atomic mass is 9.88. The van der Waals surface area contributed by atoms with Crippen molar-refractivity contribution in [3.05, 3.63) is 66.7 Å². The van der Waals surface area contributed by atoms with E-state index in [0.29, 0.717) is 23.6 Å². The molecule has 0 spiro atoms. The molecule has 1 aromatic carbocycles. The highest BCUT2D eigenvalue weighted by Gasteiger charge is 2.35. The van der Waals surface area contributed by atoms with Gasteiger partial charge < -0.3 is 10.2 Å². The second-order valence-corrected chi connectivity index (χ2v) is 10.1. The summed E-state index contributed by atoms with van der Waals surface area (Å²) in [5.41, 5.74) is 3.49. The van der Waals surface area contributed by atoms with Crippen LogP contribution >= 0.6 is 11.8 Å². The minimum absolute atomic E-state index is 0.418. The van der Waals surface area contributed by atoms with E-state index in [9.17, 15) is 0 Å². The maximum atomic E-state index is 4.77. The number of anilines is 3. The number of nitrogens with zero attached hydrogens (tertiary/aromatic N) is 5. The Morgan fingerprint density at radius 1 is 1.06 bits per heavy atom. The zero-order valence-electron chi connectivity index (χ0n) is 20.1. The Bertz CT molecular complexity index is 1290. The van der Waals surface area contributed by atoms with E-state index in [1.807, 2.05) is 36.2 Å².